The number of thiophene rings is 1. The molecule has 0 unspecified atom stereocenters. The van der Waals surface area contributed by atoms with Gasteiger partial charge in [0, 0.05) is 31.7 Å². The Morgan fingerprint density at radius 1 is 1.05 bits per heavy atom. The number of nitrogens with two attached hydrogens (primary N) is 1. The number of methoxy groups -OCH3 is 1. The molecule has 2 aliphatic rings. The van der Waals surface area contributed by atoms with E-state index < -0.39 is 6.09 Å². The van der Waals surface area contributed by atoms with E-state index in [1.807, 2.05) is 40.6 Å². The molecule has 0 bridgehead atoms. The van der Waals surface area contributed by atoms with Crippen molar-refractivity contribution < 1.29 is 19.1 Å². The van der Waals surface area contributed by atoms with Gasteiger partial charge >= 0.3 is 6.09 Å². The number of hydrogen-bond donors (Lipinski definition) is 2. The second-order valence-corrected chi connectivity index (χ2v) is 11.1. The molecule has 2 amide bonds. The van der Waals surface area contributed by atoms with Gasteiger partial charge in [0.15, 0.2) is 0 Å². The fourth-order valence-corrected chi connectivity index (χ4v) is 6.10. The molecule has 2 heterocycles. The van der Waals surface area contributed by atoms with Crippen molar-refractivity contribution in [2.75, 3.05) is 43.6 Å². The quantitative estimate of drug-likeness (QED) is 0.414. The molecule has 1 aliphatic heterocycles. The molecule has 1 saturated carbocycles. The summed E-state index contributed by atoms with van der Waals surface area (Å²) in [7, 11) is 1.36. The predicted molar refractivity (Wildman–Crippen MR) is 155 cm³/mol. The molecular weight excluding hydrogens is 512 g/mol. The summed E-state index contributed by atoms with van der Waals surface area (Å²) < 4.78 is 10.4. The van der Waals surface area contributed by atoms with Crippen molar-refractivity contribution in [3.05, 3.63) is 70.4 Å². The Bertz CT molecular complexity index is 1270. The zero-order chi connectivity index (χ0) is 27.2. The van der Waals surface area contributed by atoms with E-state index in [9.17, 15) is 9.59 Å². The van der Waals surface area contributed by atoms with Gasteiger partial charge in [0.2, 0.25) is 0 Å². The lowest BCUT2D eigenvalue weighted by Crippen LogP contribution is -2.43. The van der Waals surface area contributed by atoms with Crippen LogP contribution in [0.1, 0.15) is 40.9 Å². The van der Waals surface area contributed by atoms with Crippen LogP contribution in [0, 0.1) is 0 Å². The third-order valence-corrected chi connectivity index (χ3v) is 8.42. The Labute approximate surface area is 233 Å². The molecule has 8 nitrogen and oxygen atoms in total. The molecule has 0 spiro atoms. The third-order valence-electron chi connectivity index (χ3n) is 7.56. The topological polar surface area (TPSA) is 97.1 Å². The molecule has 9 heteroatoms. The fraction of sp³-hybridized carbons (Fsp3) is 0.400. The maximum atomic E-state index is 13.5. The molecule has 2 aromatic carbocycles. The first-order valence-corrected chi connectivity index (χ1v) is 14.4. The first-order valence-electron chi connectivity index (χ1n) is 13.5. The Balaban J connectivity index is 1.42. The van der Waals surface area contributed by atoms with Crippen LogP contribution < -0.4 is 16.0 Å². The molecule has 3 N–H and O–H groups in total. The molecule has 1 aromatic heterocycles. The highest BCUT2D eigenvalue weighted by molar-refractivity contribution is 7.12. The molecule has 1 aliphatic carbocycles. The number of amides is 2. The molecule has 2 fully saturated rings. The highest BCUT2D eigenvalue weighted by Gasteiger charge is 2.29. The van der Waals surface area contributed by atoms with Crippen molar-refractivity contribution in [1.82, 2.24) is 4.90 Å². The van der Waals surface area contributed by atoms with Gasteiger partial charge < -0.3 is 25.0 Å². The van der Waals surface area contributed by atoms with Gasteiger partial charge in [0.05, 0.1) is 36.6 Å². The van der Waals surface area contributed by atoms with E-state index in [1.165, 1.54) is 18.4 Å². The highest BCUT2D eigenvalue weighted by atomic mass is 32.1. The summed E-state index contributed by atoms with van der Waals surface area (Å²) in [6.45, 7) is 3.34. The van der Waals surface area contributed by atoms with Crippen LogP contribution in [-0.2, 0) is 16.0 Å². The molecule has 1 saturated heterocycles. The first-order chi connectivity index (χ1) is 19.0. The van der Waals surface area contributed by atoms with Crippen LogP contribution in [0.3, 0.4) is 0 Å². The summed E-state index contributed by atoms with van der Waals surface area (Å²) in [6.07, 6.45) is 3.20. The largest absolute Gasteiger partial charge is 0.453 e. The maximum Gasteiger partial charge on any atom is 0.411 e. The van der Waals surface area contributed by atoms with Gasteiger partial charge in [-0.15, -0.1) is 11.3 Å². The number of benzene rings is 2. The fourth-order valence-electron chi connectivity index (χ4n) is 5.42. The second kappa shape index (κ2) is 12.6. The number of hydrogen-bond acceptors (Lipinski definition) is 7. The zero-order valence-electron chi connectivity index (χ0n) is 22.3. The van der Waals surface area contributed by atoms with Crippen LogP contribution >= 0.6 is 11.3 Å². The normalized spacial score (nSPS) is 19.4. The van der Waals surface area contributed by atoms with Crippen LogP contribution in [0.15, 0.2) is 60.0 Å². The number of anilines is 2. The van der Waals surface area contributed by atoms with Crippen LogP contribution in [0.2, 0.25) is 0 Å². The minimum absolute atomic E-state index is 0.0790. The van der Waals surface area contributed by atoms with E-state index in [-0.39, 0.29) is 18.0 Å². The second-order valence-electron chi connectivity index (χ2n) is 10.1. The average Bonchev–Trinajstić information content (AvgIpc) is 3.52. The van der Waals surface area contributed by atoms with Gasteiger partial charge in [-0.2, -0.15) is 0 Å². The summed E-state index contributed by atoms with van der Waals surface area (Å²) >= 11 is 1.48. The van der Waals surface area contributed by atoms with Crippen LogP contribution in [-0.4, -0.2) is 62.4 Å². The van der Waals surface area contributed by atoms with Crippen LogP contribution in [0.5, 0.6) is 0 Å². The predicted octanol–water partition coefficient (Wildman–Crippen LogP) is 5.34. The summed E-state index contributed by atoms with van der Waals surface area (Å²) in [4.78, 5) is 30.7. The van der Waals surface area contributed by atoms with Crippen LogP contribution in [0.4, 0.5) is 16.2 Å². The van der Waals surface area contributed by atoms with E-state index in [0.29, 0.717) is 25.4 Å². The monoisotopic (exact) mass is 548 g/mol. The number of morpholine rings is 1. The summed E-state index contributed by atoms with van der Waals surface area (Å²) in [5, 5.41) is 4.83. The molecule has 3 aromatic rings. The Hall–Kier alpha value is -3.40. The average molecular weight is 549 g/mol. The van der Waals surface area contributed by atoms with E-state index in [2.05, 4.69) is 34.5 Å². The molecule has 39 heavy (non-hydrogen) atoms. The molecule has 0 radical (unpaired) electrons. The Morgan fingerprint density at radius 2 is 1.82 bits per heavy atom. The van der Waals surface area contributed by atoms with Crippen molar-refractivity contribution in [2.24, 2.45) is 5.73 Å². The van der Waals surface area contributed by atoms with Gasteiger partial charge in [-0.05, 0) is 72.0 Å². The van der Waals surface area contributed by atoms with Gasteiger partial charge in [-0.1, -0.05) is 30.3 Å². The Kier molecular flexibility index (Phi) is 8.81. The standard InChI is InChI=1S/C30H36N4O4S/c1-37-30(36)32-26-19-23(7-12-27(26)33-13-15-38-16-14-33)22-5-2-4-21(18-22)20-34(25-10-8-24(31)9-11-25)29(35)28-6-3-17-39-28/h2-7,12,17-19,24-25H,8-11,13-16,20,31H2,1H3,(H,32,36). The minimum atomic E-state index is -0.509. The number of carbonyl (C=O) groups excluding carboxylic acids is 2. The number of ether oxygens (including phenoxy) is 2. The Morgan fingerprint density at radius 3 is 2.54 bits per heavy atom. The SMILES string of the molecule is COC(=O)Nc1cc(-c2cccc(CN(C(=O)c3cccs3)C3CCC(N)CC3)c2)ccc1N1CCOCC1. The van der Waals surface area contributed by atoms with Crippen LogP contribution in [0.25, 0.3) is 11.1 Å². The summed E-state index contributed by atoms with van der Waals surface area (Å²) in [5.41, 5.74) is 10.9. The van der Waals surface area contributed by atoms with Gasteiger partial charge in [0.1, 0.15) is 0 Å². The van der Waals surface area contributed by atoms with Gasteiger partial charge in [-0.25, -0.2) is 4.79 Å². The molecular formula is C30H36N4O4S. The number of carbonyl (C=O) groups is 2. The minimum Gasteiger partial charge on any atom is -0.453 e. The molecule has 0 atom stereocenters. The summed E-state index contributed by atoms with van der Waals surface area (Å²) in [6, 6.07) is 18.6. The van der Waals surface area contributed by atoms with Crippen molar-refractivity contribution in [3.8, 4) is 11.1 Å². The van der Waals surface area contributed by atoms with E-state index >= 15 is 0 Å². The van der Waals surface area contributed by atoms with Gasteiger partial charge in [0.25, 0.3) is 5.91 Å². The maximum absolute atomic E-state index is 13.5. The van der Waals surface area contributed by atoms with E-state index in [4.69, 9.17) is 15.2 Å². The van der Waals surface area contributed by atoms with Crippen molar-refractivity contribution in [1.29, 1.82) is 0 Å². The molecule has 206 valence electrons. The van der Waals surface area contributed by atoms with Crippen molar-refractivity contribution in [2.45, 2.75) is 44.3 Å². The lowest BCUT2D eigenvalue weighted by Gasteiger charge is -2.36. The first kappa shape index (κ1) is 27.2. The number of nitrogens with zero attached hydrogens (tertiary/aromatic N) is 2. The third kappa shape index (κ3) is 6.61. The number of nitrogens with one attached hydrogen (secondary N) is 1. The van der Waals surface area contributed by atoms with E-state index in [1.54, 1.807) is 0 Å². The van der Waals surface area contributed by atoms with E-state index in [0.717, 1.165) is 66.0 Å². The number of rotatable bonds is 7. The van der Waals surface area contributed by atoms with Crippen molar-refractivity contribution in [3.63, 3.8) is 0 Å². The molecule has 5 rings (SSSR count). The zero-order valence-corrected chi connectivity index (χ0v) is 23.1. The van der Waals surface area contributed by atoms with Gasteiger partial charge in [-0.3, -0.25) is 10.1 Å². The highest BCUT2D eigenvalue weighted by Crippen LogP contribution is 2.33. The lowest BCUT2D eigenvalue weighted by molar-refractivity contribution is 0.0611. The van der Waals surface area contributed by atoms with Crippen molar-refractivity contribution >= 4 is 34.7 Å². The summed E-state index contributed by atoms with van der Waals surface area (Å²) in [5.74, 6) is 0.0790. The smallest absolute Gasteiger partial charge is 0.411 e. The lowest BCUT2D eigenvalue weighted by atomic mass is 9.90.